The summed E-state index contributed by atoms with van der Waals surface area (Å²) in [6, 6.07) is 12.7. The van der Waals surface area contributed by atoms with Crippen LogP contribution in [0.25, 0.3) is 0 Å². The van der Waals surface area contributed by atoms with E-state index in [0.29, 0.717) is 27.4 Å². The fourth-order valence-corrected chi connectivity index (χ4v) is 3.88. The number of ether oxygens (including phenoxy) is 1. The number of rotatable bonds is 6. The third-order valence-electron chi connectivity index (χ3n) is 3.51. The van der Waals surface area contributed by atoms with E-state index in [4.69, 9.17) is 39.5 Å². The van der Waals surface area contributed by atoms with Gasteiger partial charge in [0.05, 0.1) is 0 Å². The van der Waals surface area contributed by atoms with Crippen LogP contribution in [0.5, 0.6) is 5.75 Å². The lowest BCUT2D eigenvalue weighted by Gasteiger charge is -2.08. The van der Waals surface area contributed by atoms with Crippen molar-refractivity contribution >= 4 is 46.6 Å². The molecule has 4 nitrogen and oxygen atoms in total. The minimum Gasteiger partial charge on any atom is -0.486 e. The van der Waals surface area contributed by atoms with Crippen LogP contribution in [0.1, 0.15) is 11.4 Å². The molecule has 0 spiro atoms. The van der Waals surface area contributed by atoms with Crippen LogP contribution in [-0.4, -0.2) is 14.8 Å². The standard InChI is InChI=1S/C17H14Cl3N3OS/c1-23-16(9-24-12-7-5-11(18)6-8-12)21-22-17(23)25-10-13-14(19)3-2-4-15(13)20/h2-8H,9-10H2,1H3. The smallest absolute Gasteiger partial charge is 0.191 e. The Balaban J connectivity index is 1.64. The van der Waals surface area contributed by atoms with Gasteiger partial charge >= 0.3 is 0 Å². The van der Waals surface area contributed by atoms with Crippen molar-refractivity contribution in [3.63, 3.8) is 0 Å². The Kier molecular flexibility index (Phi) is 6.12. The van der Waals surface area contributed by atoms with Gasteiger partial charge in [-0.3, -0.25) is 0 Å². The Labute approximate surface area is 165 Å². The molecule has 0 amide bonds. The second kappa shape index (κ2) is 8.32. The number of hydrogen-bond acceptors (Lipinski definition) is 4. The zero-order chi connectivity index (χ0) is 17.8. The molecule has 0 radical (unpaired) electrons. The molecule has 0 aliphatic carbocycles. The molecule has 0 aliphatic rings. The molecule has 130 valence electrons. The van der Waals surface area contributed by atoms with Crippen molar-refractivity contribution in [3.8, 4) is 5.75 Å². The number of benzene rings is 2. The van der Waals surface area contributed by atoms with Crippen LogP contribution in [0.15, 0.2) is 47.6 Å². The van der Waals surface area contributed by atoms with Crippen LogP contribution in [0.4, 0.5) is 0 Å². The Morgan fingerprint density at radius 2 is 1.68 bits per heavy atom. The molecule has 0 atom stereocenters. The van der Waals surface area contributed by atoms with Crippen molar-refractivity contribution in [2.45, 2.75) is 17.5 Å². The topological polar surface area (TPSA) is 39.9 Å². The van der Waals surface area contributed by atoms with E-state index in [2.05, 4.69) is 10.2 Å². The van der Waals surface area contributed by atoms with Gasteiger partial charge in [0.25, 0.3) is 0 Å². The first-order valence-electron chi connectivity index (χ1n) is 7.37. The largest absolute Gasteiger partial charge is 0.486 e. The quantitative estimate of drug-likeness (QED) is 0.489. The molecule has 0 saturated carbocycles. The predicted octanol–water partition coefficient (Wildman–Crippen LogP) is 5.65. The molecule has 0 unspecified atom stereocenters. The average Bonchev–Trinajstić information content (AvgIpc) is 2.94. The molecular formula is C17H14Cl3N3OS. The highest BCUT2D eigenvalue weighted by atomic mass is 35.5. The van der Waals surface area contributed by atoms with Gasteiger partial charge in [-0.15, -0.1) is 10.2 Å². The van der Waals surface area contributed by atoms with Gasteiger partial charge in [0.2, 0.25) is 0 Å². The average molecular weight is 415 g/mol. The molecule has 0 saturated heterocycles. The summed E-state index contributed by atoms with van der Waals surface area (Å²) in [7, 11) is 1.90. The highest BCUT2D eigenvalue weighted by molar-refractivity contribution is 7.98. The number of nitrogens with zero attached hydrogens (tertiary/aromatic N) is 3. The first kappa shape index (κ1) is 18.4. The fraction of sp³-hybridized carbons (Fsp3) is 0.176. The first-order chi connectivity index (χ1) is 12.0. The van der Waals surface area contributed by atoms with Crippen molar-refractivity contribution < 1.29 is 4.74 Å². The van der Waals surface area contributed by atoms with Crippen molar-refractivity contribution in [1.29, 1.82) is 0 Å². The molecule has 2 aromatic carbocycles. The molecule has 1 aromatic heterocycles. The van der Waals surface area contributed by atoms with Gasteiger partial charge in [-0.2, -0.15) is 0 Å². The maximum atomic E-state index is 6.20. The van der Waals surface area contributed by atoms with Gasteiger partial charge in [0.1, 0.15) is 12.4 Å². The molecule has 8 heteroatoms. The lowest BCUT2D eigenvalue weighted by Crippen LogP contribution is -2.04. The third-order valence-corrected chi connectivity index (χ3v) is 5.52. The first-order valence-corrected chi connectivity index (χ1v) is 9.49. The summed E-state index contributed by atoms with van der Waals surface area (Å²) in [5.41, 5.74) is 0.887. The highest BCUT2D eigenvalue weighted by Crippen LogP contribution is 2.30. The van der Waals surface area contributed by atoms with Crippen LogP contribution < -0.4 is 4.74 Å². The number of thioether (sulfide) groups is 1. The number of hydrogen-bond donors (Lipinski definition) is 0. The van der Waals surface area contributed by atoms with Crippen LogP contribution >= 0.6 is 46.6 Å². The Bertz CT molecular complexity index is 848. The van der Waals surface area contributed by atoms with E-state index in [1.54, 1.807) is 12.1 Å². The maximum absolute atomic E-state index is 6.20. The Morgan fingerprint density at radius 1 is 1.00 bits per heavy atom. The van der Waals surface area contributed by atoms with E-state index in [0.717, 1.165) is 22.3 Å². The SMILES string of the molecule is Cn1c(COc2ccc(Cl)cc2)nnc1SCc1c(Cl)cccc1Cl. The van der Waals surface area contributed by atoms with Crippen LogP contribution in [0.2, 0.25) is 15.1 Å². The molecular weight excluding hydrogens is 401 g/mol. The number of halogens is 3. The maximum Gasteiger partial charge on any atom is 0.191 e. The van der Waals surface area contributed by atoms with Crippen LogP contribution in [0, 0.1) is 0 Å². The minimum absolute atomic E-state index is 0.318. The second-order valence-electron chi connectivity index (χ2n) is 5.19. The molecule has 0 bridgehead atoms. The van der Waals surface area contributed by atoms with E-state index >= 15 is 0 Å². The number of aromatic nitrogens is 3. The summed E-state index contributed by atoms with van der Waals surface area (Å²) in [6.07, 6.45) is 0. The van der Waals surface area contributed by atoms with Crippen molar-refractivity contribution in [2.24, 2.45) is 7.05 Å². The molecule has 3 rings (SSSR count). The summed E-state index contributed by atoms with van der Waals surface area (Å²) < 4.78 is 7.60. The highest BCUT2D eigenvalue weighted by Gasteiger charge is 2.12. The van der Waals surface area contributed by atoms with Crippen molar-refractivity contribution in [3.05, 3.63) is 68.9 Å². The van der Waals surface area contributed by atoms with E-state index in [1.807, 2.05) is 41.9 Å². The molecule has 3 aromatic rings. The lowest BCUT2D eigenvalue weighted by molar-refractivity contribution is 0.290. The monoisotopic (exact) mass is 413 g/mol. The Hall–Kier alpha value is -1.40. The van der Waals surface area contributed by atoms with Crippen molar-refractivity contribution in [1.82, 2.24) is 14.8 Å². The van der Waals surface area contributed by atoms with Gasteiger partial charge in [0.15, 0.2) is 11.0 Å². The van der Waals surface area contributed by atoms with E-state index < -0.39 is 0 Å². The summed E-state index contributed by atoms with van der Waals surface area (Å²) in [4.78, 5) is 0. The zero-order valence-corrected chi connectivity index (χ0v) is 16.3. The summed E-state index contributed by atoms with van der Waals surface area (Å²) in [6.45, 7) is 0.318. The third kappa shape index (κ3) is 4.61. The summed E-state index contributed by atoms with van der Waals surface area (Å²) >= 11 is 19.8. The lowest BCUT2D eigenvalue weighted by atomic mass is 10.2. The van der Waals surface area contributed by atoms with Gasteiger partial charge in [-0.05, 0) is 42.0 Å². The summed E-state index contributed by atoms with van der Waals surface area (Å²) in [5.74, 6) is 2.06. The molecule has 0 fully saturated rings. The van der Waals surface area contributed by atoms with Gasteiger partial charge < -0.3 is 9.30 Å². The van der Waals surface area contributed by atoms with Crippen LogP contribution in [0.3, 0.4) is 0 Å². The molecule has 25 heavy (non-hydrogen) atoms. The van der Waals surface area contributed by atoms with E-state index in [9.17, 15) is 0 Å². The predicted molar refractivity (Wildman–Crippen MR) is 103 cm³/mol. The van der Waals surface area contributed by atoms with Crippen LogP contribution in [-0.2, 0) is 19.4 Å². The van der Waals surface area contributed by atoms with Gasteiger partial charge in [-0.1, -0.05) is 52.6 Å². The zero-order valence-electron chi connectivity index (χ0n) is 13.2. The van der Waals surface area contributed by atoms with Gasteiger partial charge in [0, 0.05) is 27.9 Å². The van der Waals surface area contributed by atoms with Gasteiger partial charge in [-0.25, -0.2) is 0 Å². The summed E-state index contributed by atoms with van der Waals surface area (Å²) in [5, 5.41) is 11.1. The van der Waals surface area contributed by atoms with Crippen molar-refractivity contribution in [2.75, 3.05) is 0 Å². The molecule has 0 aliphatic heterocycles. The fourth-order valence-electron chi connectivity index (χ4n) is 2.08. The van der Waals surface area contributed by atoms with E-state index in [-0.39, 0.29) is 0 Å². The molecule has 1 heterocycles. The Morgan fingerprint density at radius 3 is 2.36 bits per heavy atom. The van der Waals surface area contributed by atoms with E-state index in [1.165, 1.54) is 11.8 Å². The molecule has 0 N–H and O–H groups in total. The minimum atomic E-state index is 0.318. The second-order valence-corrected chi connectivity index (χ2v) is 7.38. The normalized spacial score (nSPS) is 10.9.